The van der Waals surface area contributed by atoms with Gasteiger partial charge in [0, 0.05) is 132 Å². The normalized spacial score (nSPS) is 15.9. The van der Waals surface area contributed by atoms with Gasteiger partial charge >= 0.3 is 12.3 Å². The minimum atomic E-state index is -4.84. The predicted octanol–water partition coefficient (Wildman–Crippen LogP) is 14.0. The number of aliphatic carboxylic acids is 1. The number of nitrogens with two attached hydrogens (primary N) is 1. The van der Waals surface area contributed by atoms with Crippen molar-refractivity contribution in [1.29, 1.82) is 0 Å². The first kappa shape index (κ1) is 73.2. The molecule has 3 aliphatic heterocycles. The highest BCUT2D eigenvalue weighted by Crippen LogP contribution is 2.41. The summed E-state index contributed by atoms with van der Waals surface area (Å²) in [6.45, 7) is 13.6. The number of fused-ring (bicyclic) bond motifs is 3. The Morgan fingerprint density at radius 1 is 0.491 bits per heavy atom. The number of ether oxygens (including phenoxy) is 1. The Labute approximate surface area is 615 Å². The van der Waals surface area contributed by atoms with Gasteiger partial charge in [-0.3, -0.25) is 44.0 Å². The summed E-state index contributed by atoms with van der Waals surface area (Å²) in [7, 11) is 0. The van der Waals surface area contributed by atoms with Gasteiger partial charge in [0.2, 0.25) is 5.91 Å². The maximum atomic E-state index is 13.7. The zero-order valence-electron chi connectivity index (χ0n) is 58.9. The van der Waals surface area contributed by atoms with Gasteiger partial charge in [0.15, 0.2) is 17.6 Å². The van der Waals surface area contributed by atoms with E-state index in [0.29, 0.717) is 96.8 Å². The number of pyridine rings is 3. The number of aromatic nitrogens is 9. The molecule has 3 fully saturated rings. The van der Waals surface area contributed by atoms with E-state index >= 15 is 0 Å². The molecule has 26 heteroatoms. The van der Waals surface area contributed by atoms with Gasteiger partial charge < -0.3 is 30.3 Å². The number of para-hydroxylation sites is 2. The smallest absolute Gasteiger partial charge is 0.480 e. The quantitative estimate of drug-likeness (QED) is 0.0810. The van der Waals surface area contributed by atoms with Crippen molar-refractivity contribution in [2.75, 3.05) is 93.2 Å². The number of Topliss-reactive ketones (excluding diaryl/α,β-unsaturated/α-hetero) is 1. The van der Waals surface area contributed by atoms with Crippen LogP contribution in [0.1, 0.15) is 86.7 Å². The highest BCUT2D eigenvalue weighted by atomic mass is 35.5. The molecule has 546 valence electrons. The molecule has 0 spiro atoms. The molecule has 6 aromatic heterocycles. The van der Waals surface area contributed by atoms with Crippen LogP contribution < -0.4 is 25.2 Å². The average molecular weight is 1460 g/mol. The number of hydrogen-bond acceptors (Lipinski definition) is 16. The fourth-order valence-corrected chi connectivity index (χ4v) is 14.6. The van der Waals surface area contributed by atoms with Crippen LogP contribution in [0.2, 0.25) is 5.02 Å². The number of carbonyl (C=O) groups excluding carboxylic acids is 2. The van der Waals surface area contributed by atoms with Gasteiger partial charge in [-0.05, 0) is 147 Å². The van der Waals surface area contributed by atoms with Gasteiger partial charge in [-0.2, -0.15) is 15.3 Å². The van der Waals surface area contributed by atoms with E-state index in [1.54, 1.807) is 88.2 Å². The summed E-state index contributed by atoms with van der Waals surface area (Å²) in [5.41, 5.74) is 15.9. The lowest BCUT2D eigenvalue weighted by Crippen LogP contribution is -2.40. The lowest BCUT2D eigenvalue weighted by Gasteiger charge is -2.28. The summed E-state index contributed by atoms with van der Waals surface area (Å²) >= 11 is 6.59. The van der Waals surface area contributed by atoms with Crippen molar-refractivity contribution >= 4 is 79.0 Å². The van der Waals surface area contributed by atoms with Crippen molar-refractivity contribution in [3.05, 3.63) is 247 Å². The number of primary amides is 1. The Morgan fingerprint density at radius 3 is 1.50 bits per heavy atom. The van der Waals surface area contributed by atoms with E-state index in [-0.39, 0.29) is 23.0 Å². The fraction of sp³-hybridized carbons (Fsp3) is 0.287. The SMILES string of the molecule is CC(=O)C(c1ccn(-c2cccc(F)c2)n1)N1CCCN(c2cc(C(C)C)cc3cccnc23)CC1.NC(=O)C(c1ccn(-c2ccccc2)n1)N1CCCN(c2c(OC(F)(F)F)ccc3cccnc23)CC1.O=C(O)C(c1ccn(-c2ccccc2)n1)N1CCCN(c2c(Cl)ccc3cccnc23)CC1. The molecule has 3 saturated heterocycles. The largest absolute Gasteiger partial charge is 0.573 e. The molecule has 3 N–H and O–H groups in total. The number of nitrogens with zero attached hydrogens (tertiary/aromatic N) is 15. The zero-order chi connectivity index (χ0) is 74.0. The zero-order valence-corrected chi connectivity index (χ0v) is 59.6. The maximum absolute atomic E-state index is 13.7. The van der Waals surface area contributed by atoms with E-state index in [0.717, 1.165) is 90.1 Å². The standard InChI is InChI=1S/C29H32FN5O.C26H25F3N6O2.C25H24ClN5O2/c1-20(2)23-17-22-7-5-11-31-28(22)27(18-23)33-12-6-13-34(16-15-33)29(21(3)36)26-10-14-35(32-26)25-9-4-8-24(30)19-25;27-26(28,29)37-21-10-9-18-6-4-12-31-22(18)24(21)34-14-5-13-33(16-17-34)23(25(30)36)20-11-15-35(32-20)19-7-2-1-3-8-19;26-20-10-9-18-6-4-12-27-22(18)23(20)29-13-5-14-30(17-16-29)24(25(32)33)21-11-15-31(28-21)19-7-2-1-3-8-19/h4-5,7-11,14,17-20,29H,6,12-13,15-16H2,1-3H3;1-4,6-12,15,23H,5,13-14,16-17H2,(H2,30,36);1-4,6-12,15,24H,5,13-14,16-17H2,(H,32,33). The number of halogens is 5. The minimum Gasteiger partial charge on any atom is -0.480 e. The topological polar surface area (TPSA) is 218 Å². The predicted molar refractivity (Wildman–Crippen MR) is 403 cm³/mol. The molecule has 1 amide bonds. The number of carboxylic acid groups (broad SMARTS) is 1. The molecule has 15 rings (SSSR count). The first-order chi connectivity index (χ1) is 51.3. The number of ketones is 1. The van der Waals surface area contributed by atoms with Crippen molar-refractivity contribution in [2.45, 2.75) is 70.4 Å². The number of hydrogen-bond donors (Lipinski definition) is 2. The molecular formula is C80H81ClF4N16O5. The summed E-state index contributed by atoms with van der Waals surface area (Å²) in [4.78, 5) is 63.9. The van der Waals surface area contributed by atoms with Crippen LogP contribution in [0.25, 0.3) is 49.8 Å². The Hall–Kier alpha value is -11.1. The van der Waals surface area contributed by atoms with Gasteiger partial charge in [-0.1, -0.05) is 92.2 Å². The summed E-state index contributed by atoms with van der Waals surface area (Å²) in [5.74, 6) is -1.58. The Balaban J connectivity index is 0.000000141. The molecule has 0 bridgehead atoms. The fourth-order valence-electron chi connectivity index (χ4n) is 14.4. The van der Waals surface area contributed by atoms with Crippen LogP contribution in [0.4, 0.5) is 34.6 Å². The van der Waals surface area contributed by atoms with Crippen molar-refractivity contribution in [3.8, 4) is 22.8 Å². The number of carboxylic acids is 1. The highest BCUT2D eigenvalue weighted by Gasteiger charge is 2.37. The van der Waals surface area contributed by atoms with Crippen molar-refractivity contribution in [2.24, 2.45) is 5.73 Å². The van der Waals surface area contributed by atoms with Crippen LogP contribution >= 0.6 is 11.6 Å². The summed E-state index contributed by atoms with van der Waals surface area (Å²) in [5, 5.41) is 27.5. The molecule has 6 aromatic carbocycles. The Kier molecular flexibility index (Phi) is 22.7. The first-order valence-corrected chi connectivity index (χ1v) is 35.8. The maximum Gasteiger partial charge on any atom is 0.573 e. The first-order valence-electron chi connectivity index (χ1n) is 35.4. The van der Waals surface area contributed by atoms with E-state index in [1.165, 1.54) is 23.8 Å². The van der Waals surface area contributed by atoms with E-state index in [4.69, 9.17) is 22.3 Å². The summed E-state index contributed by atoms with van der Waals surface area (Å²) < 4.78 is 62.7. The monoisotopic (exact) mass is 1460 g/mol. The molecule has 12 aromatic rings. The second-order valence-electron chi connectivity index (χ2n) is 26.7. The van der Waals surface area contributed by atoms with Gasteiger partial charge in [0.1, 0.15) is 23.6 Å². The van der Waals surface area contributed by atoms with Gasteiger partial charge in [-0.15, -0.1) is 13.2 Å². The number of benzene rings is 6. The van der Waals surface area contributed by atoms with Crippen LogP contribution in [0.3, 0.4) is 0 Å². The average Bonchev–Trinajstić information content (AvgIpc) is 1.11. The van der Waals surface area contributed by atoms with Crippen LogP contribution in [-0.2, 0) is 14.4 Å². The van der Waals surface area contributed by atoms with Crippen LogP contribution in [0.15, 0.2) is 213 Å². The molecule has 0 aliphatic carbocycles. The van der Waals surface area contributed by atoms with Crippen molar-refractivity contribution < 1.29 is 41.8 Å². The molecule has 0 radical (unpaired) electrons. The van der Waals surface area contributed by atoms with Gasteiger partial charge in [0.05, 0.1) is 67.1 Å². The minimum absolute atomic E-state index is 0.0573. The van der Waals surface area contributed by atoms with Crippen LogP contribution in [-0.4, -0.2) is 167 Å². The highest BCUT2D eigenvalue weighted by molar-refractivity contribution is 6.34. The lowest BCUT2D eigenvalue weighted by molar-refractivity contribution is -0.274. The van der Waals surface area contributed by atoms with Gasteiger partial charge in [0.25, 0.3) is 0 Å². The van der Waals surface area contributed by atoms with Crippen molar-refractivity contribution in [3.63, 3.8) is 0 Å². The lowest BCUT2D eigenvalue weighted by atomic mass is 9.99. The number of alkyl halides is 3. The van der Waals surface area contributed by atoms with E-state index < -0.39 is 36.4 Å². The third-order valence-electron chi connectivity index (χ3n) is 19.3. The Bertz CT molecular complexity index is 5040. The number of amides is 1. The molecule has 3 atom stereocenters. The molecule has 106 heavy (non-hydrogen) atoms. The number of rotatable bonds is 17. The van der Waals surface area contributed by atoms with Crippen LogP contribution in [0, 0.1) is 5.82 Å². The second kappa shape index (κ2) is 32.9. The van der Waals surface area contributed by atoms with E-state index in [9.17, 15) is 37.1 Å². The third kappa shape index (κ3) is 17.0. The summed E-state index contributed by atoms with van der Waals surface area (Å²) in [6, 6.07) is 51.7. The van der Waals surface area contributed by atoms with Gasteiger partial charge in [-0.25, -0.2) is 18.4 Å². The Morgan fingerprint density at radius 2 is 0.962 bits per heavy atom. The molecular weight excluding hydrogens is 1380 g/mol. The molecule has 3 unspecified atom stereocenters. The molecule has 0 saturated carbocycles. The van der Waals surface area contributed by atoms with Crippen molar-refractivity contribution in [1.82, 2.24) is 59.0 Å². The molecule has 3 aliphatic rings. The van der Waals surface area contributed by atoms with E-state index in [2.05, 4.69) is 76.7 Å². The molecule has 21 nitrogen and oxygen atoms in total. The summed E-state index contributed by atoms with van der Waals surface area (Å²) in [6.07, 6.45) is 8.01. The second-order valence-corrected chi connectivity index (χ2v) is 27.1. The number of carbonyl (C=O) groups is 3. The molecule has 9 heterocycles. The third-order valence-corrected chi connectivity index (χ3v) is 19.6. The number of anilines is 3. The van der Waals surface area contributed by atoms with Crippen LogP contribution in [0.5, 0.6) is 5.75 Å². The van der Waals surface area contributed by atoms with E-state index in [1.807, 2.05) is 124 Å².